The van der Waals surface area contributed by atoms with Crippen molar-refractivity contribution in [2.75, 3.05) is 0 Å². The maximum atomic E-state index is 4.99. The van der Waals surface area contributed by atoms with Gasteiger partial charge in [0.2, 0.25) is 0 Å². The molecule has 0 aliphatic carbocycles. The second-order valence-corrected chi connectivity index (χ2v) is 10.9. The van der Waals surface area contributed by atoms with Crippen LogP contribution in [0, 0.1) is 0 Å². The highest BCUT2D eigenvalue weighted by Crippen LogP contribution is 2.39. The van der Waals surface area contributed by atoms with Gasteiger partial charge in [0.15, 0.2) is 0 Å². The molecule has 6 aromatic carbocycles. The van der Waals surface area contributed by atoms with Gasteiger partial charge in [-0.25, -0.2) is 4.98 Å². The molecule has 9 rings (SSSR count). The van der Waals surface area contributed by atoms with E-state index in [4.69, 9.17) is 4.98 Å². The fourth-order valence-corrected chi connectivity index (χ4v) is 6.66. The Morgan fingerprint density at radius 3 is 1.69 bits per heavy atom. The first-order valence-electron chi connectivity index (χ1n) is 14.3. The van der Waals surface area contributed by atoms with Crippen LogP contribution >= 0.6 is 0 Å². The molecule has 42 heavy (non-hydrogen) atoms. The average molecular weight is 536 g/mol. The lowest BCUT2D eigenvalue weighted by Gasteiger charge is -2.09. The van der Waals surface area contributed by atoms with E-state index in [0.29, 0.717) is 0 Å². The van der Waals surface area contributed by atoms with E-state index >= 15 is 0 Å². The number of rotatable bonds is 3. The largest absolute Gasteiger partial charge is 0.309 e. The van der Waals surface area contributed by atoms with Crippen LogP contribution in [-0.2, 0) is 0 Å². The molecule has 0 radical (unpaired) electrons. The number of benzene rings is 6. The molecule has 0 unspecified atom stereocenters. The molecule has 0 aliphatic heterocycles. The molecule has 0 saturated heterocycles. The highest BCUT2D eigenvalue weighted by atomic mass is 15.0. The van der Waals surface area contributed by atoms with Crippen molar-refractivity contribution in [3.8, 4) is 22.5 Å². The predicted octanol–water partition coefficient (Wildman–Crippen LogP) is 10.1. The first kappa shape index (κ1) is 23.1. The third-order valence-corrected chi connectivity index (χ3v) is 8.53. The number of aromatic nitrogens is 3. The van der Waals surface area contributed by atoms with Crippen molar-refractivity contribution >= 4 is 54.5 Å². The summed E-state index contributed by atoms with van der Waals surface area (Å²) in [7, 11) is 0. The van der Waals surface area contributed by atoms with E-state index in [2.05, 4.69) is 155 Å². The molecule has 0 amide bonds. The molecule has 3 heterocycles. The molecule has 196 valence electrons. The summed E-state index contributed by atoms with van der Waals surface area (Å²) in [6.07, 6.45) is 1.99. The molecular weight excluding hydrogens is 510 g/mol. The van der Waals surface area contributed by atoms with Gasteiger partial charge in [0.1, 0.15) is 5.65 Å². The smallest absolute Gasteiger partial charge is 0.146 e. The fraction of sp³-hybridized carbons (Fsp3) is 0. The average Bonchev–Trinajstić information content (AvgIpc) is 3.58. The van der Waals surface area contributed by atoms with Gasteiger partial charge in [-0.1, -0.05) is 91.0 Å². The molecule has 0 saturated carbocycles. The van der Waals surface area contributed by atoms with E-state index in [-0.39, 0.29) is 0 Å². The summed E-state index contributed by atoms with van der Waals surface area (Å²) in [5.74, 6) is 0. The molecule has 3 nitrogen and oxygen atoms in total. The summed E-state index contributed by atoms with van der Waals surface area (Å²) in [5.41, 5.74) is 9.25. The Bertz CT molecular complexity index is 2450. The number of hydrogen-bond acceptors (Lipinski definition) is 1. The Balaban J connectivity index is 1.32. The lowest BCUT2D eigenvalue weighted by molar-refractivity contribution is 1.14. The van der Waals surface area contributed by atoms with Gasteiger partial charge in [0.05, 0.1) is 16.6 Å². The third kappa shape index (κ3) is 3.31. The monoisotopic (exact) mass is 535 g/mol. The highest BCUT2D eigenvalue weighted by molar-refractivity contribution is 6.20. The number of hydrogen-bond donors (Lipinski definition) is 0. The zero-order valence-corrected chi connectivity index (χ0v) is 22.8. The molecule has 0 bridgehead atoms. The standard InChI is InChI=1S/C39H25N3/c1-3-12-29(13-4-1)41-35-18-10-9-17-32(35)33-23-26(19-21-36(33)41)27-20-22-37-34(24-27)38-31-16-8-7-11-28(31)25-40-39(38)42(37)30-14-5-2-6-15-30/h1-25H. The number of nitrogens with zero attached hydrogens (tertiary/aromatic N) is 3. The minimum Gasteiger partial charge on any atom is -0.309 e. The molecule has 0 fully saturated rings. The first-order valence-corrected chi connectivity index (χ1v) is 14.3. The Kier molecular flexibility index (Phi) is 4.90. The van der Waals surface area contributed by atoms with Crippen molar-refractivity contribution < 1.29 is 0 Å². The Morgan fingerprint density at radius 2 is 0.952 bits per heavy atom. The Labute approximate surface area is 242 Å². The second kappa shape index (κ2) is 8.92. The summed E-state index contributed by atoms with van der Waals surface area (Å²) in [6, 6.07) is 52.2. The molecule has 0 N–H and O–H groups in total. The van der Waals surface area contributed by atoms with Crippen LogP contribution in [0.1, 0.15) is 0 Å². The van der Waals surface area contributed by atoms with Crippen molar-refractivity contribution in [1.82, 2.24) is 14.1 Å². The van der Waals surface area contributed by atoms with Crippen LogP contribution in [-0.4, -0.2) is 14.1 Å². The lowest BCUT2D eigenvalue weighted by Crippen LogP contribution is -1.95. The number of fused-ring (bicyclic) bond motifs is 8. The van der Waals surface area contributed by atoms with Crippen LogP contribution < -0.4 is 0 Å². The minimum absolute atomic E-state index is 0.980. The van der Waals surface area contributed by atoms with Crippen molar-refractivity contribution in [2.45, 2.75) is 0 Å². The summed E-state index contributed by atoms with van der Waals surface area (Å²) in [6.45, 7) is 0. The van der Waals surface area contributed by atoms with Crippen LogP contribution in [0.25, 0.3) is 77.0 Å². The summed E-state index contributed by atoms with van der Waals surface area (Å²) >= 11 is 0. The zero-order chi connectivity index (χ0) is 27.6. The van der Waals surface area contributed by atoms with Crippen LogP contribution in [0.5, 0.6) is 0 Å². The predicted molar refractivity (Wildman–Crippen MR) is 176 cm³/mol. The van der Waals surface area contributed by atoms with Crippen LogP contribution in [0.4, 0.5) is 0 Å². The maximum Gasteiger partial charge on any atom is 0.146 e. The zero-order valence-electron chi connectivity index (χ0n) is 22.8. The van der Waals surface area contributed by atoms with Crippen molar-refractivity contribution in [2.24, 2.45) is 0 Å². The number of para-hydroxylation sites is 3. The van der Waals surface area contributed by atoms with Gasteiger partial charge in [-0.05, 0) is 71.1 Å². The van der Waals surface area contributed by atoms with Gasteiger partial charge in [-0.2, -0.15) is 0 Å². The summed E-state index contributed by atoms with van der Waals surface area (Å²) in [4.78, 5) is 4.99. The topological polar surface area (TPSA) is 22.8 Å². The van der Waals surface area contributed by atoms with E-state index in [0.717, 1.165) is 22.2 Å². The highest BCUT2D eigenvalue weighted by Gasteiger charge is 2.18. The second-order valence-electron chi connectivity index (χ2n) is 10.9. The number of pyridine rings is 1. The molecule has 0 aliphatic rings. The normalized spacial score (nSPS) is 11.8. The molecule has 0 spiro atoms. The lowest BCUT2D eigenvalue weighted by atomic mass is 9.99. The minimum atomic E-state index is 0.980. The van der Waals surface area contributed by atoms with Gasteiger partial charge in [-0.15, -0.1) is 0 Å². The van der Waals surface area contributed by atoms with Crippen LogP contribution in [0.3, 0.4) is 0 Å². The first-order chi connectivity index (χ1) is 20.8. The molecule has 0 atom stereocenters. The van der Waals surface area contributed by atoms with Gasteiger partial charge >= 0.3 is 0 Å². The summed E-state index contributed by atoms with van der Waals surface area (Å²) in [5, 5.41) is 7.29. The van der Waals surface area contributed by atoms with Gasteiger partial charge in [0.25, 0.3) is 0 Å². The Morgan fingerprint density at radius 1 is 0.405 bits per heavy atom. The summed E-state index contributed by atoms with van der Waals surface area (Å²) < 4.78 is 4.65. The van der Waals surface area contributed by atoms with Gasteiger partial charge in [-0.3, -0.25) is 4.57 Å². The van der Waals surface area contributed by atoms with Crippen LogP contribution in [0.15, 0.2) is 152 Å². The quantitative estimate of drug-likeness (QED) is 0.221. The van der Waals surface area contributed by atoms with Gasteiger partial charge in [0, 0.05) is 44.5 Å². The SMILES string of the molecule is c1ccc(-n2c3ccccc3c3cc(-c4ccc5c(c4)c4c6ccccc6cnc4n5-c4ccccc4)ccc32)cc1. The van der Waals surface area contributed by atoms with E-state index in [1.807, 2.05) is 6.20 Å². The van der Waals surface area contributed by atoms with E-state index in [9.17, 15) is 0 Å². The molecule has 3 aromatic heterocycles. The van der Waals surface area contributed by atoms with Gasteiger partial charge < -0.3 is 4.57 Å². The van der Waals surface area contributed by atoms with E-state index in [1.165, 1.54) is 54.8 Å². The van der Waals surface area contributed by atoms with E-state index < -0.39 is 0 Å². The molecule has 3 heteroatoms. The van der Waals surface area contributed by atoms with Crippen molar-refractivity contribution in [3.63, 3.8) is 0 Å². The van der Waals surface area contributed by atoms with Crippen LogP contribution in [0.2, 0.25) is 0 Å². The third-order valence-electron chi connectivity index (χ3n) is 8.53. The molecular formula is C39H25N3. The van der Waals surface area contributed by atoms with Crippen molar-refractivity contribution in [3.05, 3.63) is 152 Å². The Hall–Kier alpha value is -5.67. The molecule has 9 aromatic rings. The fourth-order valence-electron chi connectivity index (χ4n) is 6.66. The van der Waals surface area contributed by atoms with E-state index in [1.54, 1.807) is 0 Å². The van der Waals surface area contributed by atoms with Crippen molar-refractivity contribution in [1.29, 1.82) is 0 Å². The maximum absolute atomic E-state index is 4.99.